The van der Waals surface area contributed by atoms with E-state index >= 15 is 9.18 Å². The van der Waals surface area contributed by atoms with Crippen molar-refractivity contribution in [3.8, 4) is 0 Å². The number of aliphatic imine (C=N–C) groups is 1. The highest BCUT2D eigenvalue weighted by Gasteiger charge is 2.57. The van der Waals surface area contributed by atoms with Crippen LogP contribution in [0.4, 0.5) is 4.39 Å². The molecule has 2 aromatic rings. The number of Topliss-reactive ketones (excluding diaryl/α,β-unsaturated/α-hetero) is 1. The van der Waals surface area contributed by atoms with Crippen LogP contribution in [0.2, 0.25) is 10.2 Å². The normalized spacial score (nSPS) is 29.2. The largest absolute Gasteiger partial charge is 0.338 e. The highest BCUT2D eigenvalue weighted by Crippen LogP contribution is 2.56. The molecule has 4 aliphatic heterocycles. The first-order chi connectivity index (χ1) is 22.8. The summed E-state index contributed by atoms with van der Waals surface area (Å²) in [6.45, 7) is 12.3. The minimum atomic E-state index is -0.913. The van der Waals surface area contributed by atoms with Crippen molar-refractivity contribution >= 4 is 51.8 Å². The number of hydrogen-bond acceptors (Lipinski definition) is 8. The van der Waals surface area contributed by atoms with Gasteiger partial charge in [-0.3, -0.25) is 19.4 Å². The van der Waals surface area contributed by atoms with E-state index in [1.54, 1.807) is 18.3 Å². The van der Waals surface area contributed by atoms with Gasteiger partial charge < -0.3 is 9.80 Å². The van der Waals surface area contributed by atoms with Crippen LogP contribution in [-0.2, 0) is 15.1 Å². The number of likely N-dealkylation sites (tertiary alicyclic amines) is 1. The fourth-order valence-electron chi connectivity index (χ4n) is 8.32. The second kappa shape index (κ2) is 12.4. The number of likely N-dealkylation sites (N-methyl/N-ethyl adjacent to an activating group) is 1. The van der Waals surface area contributed by atoms with Crippen LogP contribution >= 0.6 is 35.0 Å². The number of carbonyl (C=O) groups excluding carboxylic acids is 2. The van der Waals surface area contributed by atoms with Crippen molar-refractivity contribution in [3.05, 3.63) is 74.3 Å². The van der Waals surface area contributed by atoms with Gasteiger partial charge in [-0.2, -0.15) is 0 Å². The lowest BCUT2D eigenvalue weighted by Gasteiger charge is -2.46. The first-order valence-electron chi connectivity index (χ1n) is 17.0. The Morgan fingerprint density at radius 3 is 2.46 bits per heavy atom. The molecule has 0 N–H and O–H groups in total. The monoisotopic (exact) mass is 712 g/mol. The SMILES string of the molecule is CC(C)C1=C(C(=O)C(C(=O)N2C[C@@H](C)N(C)C3(CC3)C2)N2CCC[C@H]2C)SC2=N[C@@](C)(c3ccc(Cl)nc3)[C@@H](c3ccc(Cl)c(F)c3)N21. The minimum Gasteiger partial charge on any atom is -0.338 e. The second-order valence-corrected chi connectivity index (χ2v) is 16.5. The van der Waals surface area contributed by atoms with Crippen LogP contribution in [0.15, 0.2) is 52.1 Å². The summed E-state index contributed by atoms with van der Waals surface area (Å²) in [7, 11) is 2.16. The van der Waals surface area contributed by atoms with Gasteiger partial charge in [0, 0.05) is 48.2 Å². The summed E-state index contributed by atoms with van der Waals surface area (Å²) in [5.74, 6) is -0.897. The van der Waals surface area contributed by atoms with Gasteiger partial charge in [0.25, 0.3) is 0 Å². The fraction of sp³-hybridized carbons (Fsp3) is 0.556. The molecule has 256 valence electrons. The van der Waals surface area contributed by atoms with Gasteiger partial charge in [-0.1, -0.05) is 49.2 Å². The van der Waals surface area contributed by atoms with Crippen LogP contribution in [0.3, 0.4) is 0 Å². The average Bonchev–Trinajstić information content (AvgIpc) is 3.38. The van der Waals surface area contributed by atoms with Crippen LogP contribution in [0.25, 0.3) is 0 Å². The quantitative estimate of drug-likeness (QED) is 0.229. The number of rotatable bonds is 7. The first-order valence-corrected chi connectivity index (χ1v) is 18.5. The minimum absolute atomic E-state index is 0.0154. The van der Waals surface area contributed by atoms with Crippen molar-refractivity contribution in [2.45, 2.75) is 95.5 Å². The third-order valence-corrected chi connectivity index (χ3v) is 12.9. The summed E-state index contributed by atoms with van der Waals surface area (Å²) >= 11 is 13.6. The molecule has 1 unspecified atom stereocenters. The summed E-state index contributed by atoms with van der Waals surface area (Å²) in [5, 5.41) is 1.04. The number of amides is 1. The molecule has 1 aromatic carbocycles. The number of allylic oxidation sites excluding steroid dienone is 1. The van der Waals surface area contributed by atoms with E-state index in [2.05, 4.69) is 54.4 Å². The maximum absolute atomic E-state index is 15.1. The number of carbonyl (C=O) groups is 2. The average molecular weight is 714 g/mol. The Bertz CT molecular complexity index is 1710. The number of aromatic nitrogens is 1. The molecule has 12 heteroatoms. The van der Waals surface area contributed by atoms with Gasteiger partial charge in [-0.05, 0) is 101 Å². The molecule has 1 saturated carbocycles. The van der Waals surface area contributed by atoms with E-state index in [4.69, 9.17) is 28.2 Å². The topological polar surface area (TPSA) is 72.4 Å². The molecule has 0 bridgehead atoms. The Kier molecular flexibility index (Phi) is 8.76. The molecular formula is C36H43Cl2FN6O2S. The number of nitrogens with zero attached hydrogens (tertiary/aromatic N) is 6. The zero-order valence-electron chi connectivity index (χ0n) is 28.3. The van der Waals surface area contributed by atoms with Crippen LogP contribution in [0.1, 0.15) is 77.5 Å². The molecule has 1 aliphatic carbocycles. The van der Waals surface area contributed by atoms with E-state index in [9.17, 15) is 4.79 Å². The van der Waals surface area contributed by atoms with E-state index in [0.29, 0.717) is 40.4 Å². The number of halogens is 3. The smallest absolute Gasteiger partial charge is 0.248 e. The molecule has 5 atom stereocenters. The number of thioether (sulfide) groups is 1. The first kappa shape index (κ1) is 34.0. The van der Waals surface area contributed by atoms with Gasteiger partial charge in [-0.15, -0.1) is 0 Å². The van der Waals surface area contributed by atoms with Gasteiger partial charge in [0.05, 0.1) is 16.0 Å². The van der Waals surface area contributed by atoms with Crippen LogP contribution in [0.5, 0.6) is 0 Å². The van der Waals surface area contributed by atoms with Crippen molar-refractivity contribution in [2.24, 2.45) is 10.9 Å². The standard InChI is InChI=1S/C36H43Cl2FN6O2S/c1-20(2)28-31(30(46)29(44-15-7-8-21(44)3)33(47)43-18-22(4)42(6)36(19-43)13-14-36)48-34-41-35(5,24-10-12-27(38)40-17-24)32(45(28)34)23-9-11-25(37)26(39)16-23/h9-12,16-17,20-22,29,32H,7-8,13-15,18-19H2,1-6H3/t21-,22-,29?,32-,35+/m1/s1. The predicted octanol–water partition coefficient (Wildman–Crippen LogP) is 6.89. The zero-order valence-corrected chi connectivity index (χ0v) is 30.7. The lowest BCUT2D eigenvalue weighted by Crippen LogP contribution is -2.63. The van der Waals surface area contributed by atoms with Crippen molar-refractivity contribution in [2.75, 3.05) is 26.7 Å². The molecule has 8 nitrogen and oxygen atoms in total. The highest BCUT2D eigenvalue weighted by atomic mass is 35.5. The molecule has 0 radical (unpaired) electrons. The Balaban J connectivity index is 1.32. The van der Waals surface area contributed by atoms with Gasteiger partial charge in [0.2, 0.25) is 5.91 Å². The summed E-state index contributed by atoms with van der Waals surface area (Å²) in [5.41, 5.74) is 1.40. The zero-order chi connectivity index (χ0) is 34.3. The number of hydrogen-bond donors (Lipinski definition) is 0. The molecule has 1 aromatic heterocycles. The Morgan fingerprint density at radius 2 is 1.85 bits per heavy atom. The molecule has 3 fully saturated rings. The number of pyridine rings is 1. The van der Waals surface area contributed by atoms with Gasteiger partial charge in [-0.25, -0.2) is 14.4 Å². The number of amidine groups is 1. The lowest BCUT2D eigenvalue weighted by molar-refractivity contribution is -0.146. The third kappa shape index (κ3) is 5.50. The van der Waals surface area contributed by atoms with E-state index in [0.717, 1.165) is 36.9 Å². The van der Waals surface area contributed by atoms with Gasteiger partial charge in [0.15, 0.2) is 17.0 Å². The fourth-order valence-corrected chi connectivity index (χ4v) is 9.92. The van der Waals surface area contributed by atoms with E-state index in [1.807, 2.05) is 24.0 Å². The number of benzene rings is 1. The van der Waals surface area contributed by atoms with Gasteiger partial charge >= 0.3 is 0 Å². The van der Waals surface area contributed by atoms with Crippen LogP contribution < -0.4 is 0 Å². The second-order valence-electron chi connectivity index (χ2n) is 14.7. The van der Waals surface area contributed by atoms with Crippen LogP contribution in [-0.4, -0.2) is 91.8 Å². The highest BCUT2D eigenvalue weighted by molar-refractivity contribution is 8.18. The van der Waals surface area contributed by atoms with E-state index < -0.39 is 23.4 Å². The lowest BCUT2D eigenvalue weighted by atomic mass is 9.81. The van der Waals surface area contributed by atoms with E-state index in [1.165, 1.54) is 17.8 Å². The molecule has 48 heavy (non-hydrogen) atoms. The maximum Gasteiger partial charge on any atom is 0.248 e. The Labute approximate surface area is 296 Å². The summed E-state index contributed by atoms with van der Waals surface area (Å²) < 4.78 is 15.1. The number of ketones is 1. The summed E-state index contributed by atoms with van der Waals surface area (Å²) in [6.07, 6.45) is 5.73. The molecular weight excluding hydrogens is 670 g/mol. The molecule has 5 aliphatic rings. The number of fused-ring (bicyclic) bond motifs is 1. The van der Waals surface area contributed by atoms with Crippen molar-refractivity contribution in [1.82, 2.24) is 24.6 Å². The summed E-state index contributed by atoms with van der Waals surface area (Å²) in [4.78, 5) is 48.5. The molecule has 1 amide bonds. The van der Waals surface area contributed by atoms with Crippen molar-refractivity contribution in [1.29, 1.82) is 0 Å². The number of piperazine rings is 1. The Hall–Kier alpha value is -2.50. The van der Waals surface area contributed by atoms with Crippen molar-refractivity contribution < 1.29 is 14.0 Å². The third-order valence-electron chi connectivity index (χ3n) is 11.3. The Morgan fingerprint density at radius 1 is 1.10 bits per heavy atom. The molecule has 7 rings (SSSR count). The van der Waals surface area contributed by atoms with Crippen molar-refractivity contribution in [3.63, 3.8) is 0 Å². The van der Waals surface area contributed by atoms with E-state index in [-0.39, 0.29) is 40.3 Å². The molecule has 2 saturated heterocycles. The van der Waals surface area contributed by atoms with Gasteiger partial charge in [0.1, 0.15) is 16.5 Å². The van der Waals surface area contributed by atoms with Crippen LogP contribution in [0, 0.1) is 11.7 Å². The predicted molar refractivity (Wildman–Crippen MR) is 189 cm³/mol. The maximum atomic E-state index is 15.1. The molecule has 1 spiro atoms. The molecule has 5 heterocycles. The summed E-state index contributed by atoms with van der Waals surface area (Å²) in [6, 6.07) is 7.35.